The summed E-state index contributed by atoms with van der Waals surface area (Å²) in [4.78, 5) is 33.7. The Kier molecular flexibility index (Phi) is 5.83. The van der Waals surface area contributed by atoms with Crippen LogP contribution in [0.3, 0.4) is 0 Å². The van der Waals surface area contributed by atoms with E-state index in [1.165, 1.54) is 0 Å². The maximum Gasteiger partial charge on any atom is 0.243 e. The number of hydrogen-bond acceptors (Lipinski definition) is 8. The Morgan fingerprint density at radius 3 is 2.56 bits per heavy atom. The molecule has 1 amide bonds. The van der Waals surface area contributed by atoms with Crippen LogP contribution in [0.15, 0.2) is 24.7 Å². The number of nitrogens with zero attached hydrogens (tertiary/aromatic N) is 8. The summed E-state index contributed by atoms with van der Waals surface area (Å²) in [6.07, 6.45) is 7.06. The summed E-state index contributed by atoms with van der Waals surface area (Å²) >= 11 is 0. The summed E-state index contributed by atoms with van der Waals surface area (Å²) in [5.74, 6) is 2.44. The van der Waals surface area contributed by atoms with Crippen LogP contribution in [-0.2, 0) is 10.2 Å². The summed E-state index contributed by atoms with van der Waals surface area (Å²) in [5.41, 5.74) is 0.696. The molecule has 1 saturated heterocycles. The van der Waals surface area contributed by atoms with Gasteiger partial charge in [0.05, 0.1) is 17.7 Å². The summed E-state index contributed by atoms with van der Waals surface area (Å²) in [6, 6.07) is 7.96. The number of aromatic nitrogens is 3. The molecule has 1 aliphatic carbocycles. The quantitative estimate of drug-likeness (QED) is 0.646. The van der Waals surface area contributed by atoms with Gasteiger partial charge in [-0.05, 0) is 52.2 Å². The lowest BCUT2D eigenvalue weighted by Gasteiger charge is -2.48. The van der Waals surface area contributed by atoms with Gasteiger partial charge in [0.15, 0.2) is 0 Å². The molecule has 1 saturated carbocycles. The highest BCUT2D eigenvalue weighted by molar-refractivity contribution is 5.85. The van der Waals surface area contributed by atoms with E-state index in [0.29, 0.717) is 25.1 Å². The van der Waals surface area contributed by atoms with Crippen LogP contribution in [-0.4, -0.2) is 57.5 Å². The zero-order valence-corrected chi connectivity index (χ0v) is 21.4. The van der Waals surface area contributed by atoms with Crippen molar-refractivity contribution in [3.05, 3.63) is 35.8 Å². The molecular weight excluding hydrogens is 452 g/mol. The molecule has 0 radical (unpaired) electrons. The van der Waals surface area contributed by atoms with Gasteiger partial charge in [0.25, 0.3) is 0 Å². The Hall–Kier alpha value is -3.72. The number of rotatable bonds is 4. The van der Waals surface area contributed by atoms with E-state index in [1.54, 1.807) is 25.5 Å². The van der Waals surface area contributed by atoms with Crippen LogP contribution in [0, 0.1) is 28.1 Å². The van der Waals surface area contributed by atoms with Gasteiger partial charge >= 0.3 is 0 Å². The average molecular weight is 485 g/mol. The molecule has 3 aliphatic rings. The molecule has 2 aromatic rings. The zero-order valence-electron chi connectivity index (χ0n) is 21.4. The molecule has 4 heterocycles. The van der Waals surface area contributed by atoms with Crippen LogP contribution in [0.2, 0.25) is 0 Å². The lowest BCUT2D eigenvalue weighted by Crippen LogP contribution is -2.61. The van der Waals surface area contributed by atoms with Crippen molar-refractivity contribution in [1.29, 1.82) is 10.5 Å². The Labute approximate surface area is 212 Å². The number of amides is 1. The first kappa shape index (κ1) is 24.0. The standard InChI is InChI=1S/C27H32N8O/c1-5-26(4,15-29)25(36)34-14-18(2)33(13-19(34)3)23-22-24(32-17-31-23)35(16-27(22)8-6-9-27)21-11-20(12-28)7-10-30-21/h7,10-11,17-19H,5-6,8-9,13-14,16H2,1-4H3/t18-,19+,26?/m0/s1. The third kappa shape index (κ3) is 3.57. The van der Waals surface area contributed by atoms with Crippen molar-refractivity contribution in [3.63, 3.8) is 0 Å². The number of nitriles is 2. The van der Waals surface area contributed by atoms with Gasteiger partial charge in [-0.3, -0.25) is 4.79 Å². The van der Waals surface area contributed by atoms with Crippen LogP contribution in [0.1, 0.15) is 64.5 Å². The third-order valence-corrected chi connectivity index (χ3v) is 8.46. The van der Waals surface area contributed by atoms with Crippen molar-refractivity contribution in [3.8, 4) is 12.1 Å². The molecule has 2 fully saturated rings. The number of carbonyl (C=O) groups excluding carboxylic acids is 1. The second-order valence-electron chi connectivity index (χ2n) is 10.7. The highest BCUT2D eigenvalue weighted by atomic mass is 16.2. The minimum Gasteiger partial charge on any atom is -0.350 e. The highest BCUT2D eigenvalue weighted by Crippen LogP contribution is 2.56. The van der Waals surface area contributed by atoms with Crippen molar-refractivity contribution in [1.82, 2.24) is 19.9 Å². The molecule has 186 valence electrons. The molecule has 1 unspecified atom stereocenters. The molecule has 36 heavy (non-hydrogen) atoms. The van der Waals surface area contributed by atoms with Crippen molar-refractivity contribution in [2.75, 3.05) is 29.4 Å². The summed E-state index contributed by atoms with van der Waals surface area (Å²) in [6.45, 7) is 9.75. The van der Waals surface area contributed by atoms with Crippen LogP contribution < -0.4 is 9.80 Å². The van der Waals surface area contributed by atoms with Crippen molar-refractivity contribution in [2.45, 2.75) is 70.9 Å². The lowest BCUT2D eigenvalue weighted by atomic mass is 9.66. The number of piperazine rings is 1. The Balaban J connectivity index is 1.50. The minimum absolute atomic E-state index is 0.0340. The van der Waals surface area contributed by atoms with Gasteiger partial charge < -0.3 is 14.7 Å². The molecule has 2 aliphatic heterocycles. The summed E-state index contributed by atoms with van der Waals surface area (Å²) in [5, 5.41) is 19.1. The molecule has 0 N–H and O–H groups in total. The SMILES string of the molecule is CCC(C)(C#N)C(=O)N1C[C@H](C)N(c2ncnc3c2C2(CCC2)CN3c2cc(C#N)ccn2)C[C@H]1C. The predicted molar refractivity (Wildman–Crippen MR) is 136 cm³/mol. The first-order chi connectivity index (χ1) is 17.3. The maximum atomic E-state index is 13.3. The molecule has 1 spiro atoms. The first-order valence-corrected chi connectivity index (χ1v) is 12.7. The minimum atomic E-state index is -1.01. The number of fused-ring (bicyclic) bond motifs is 2. The van der Waals surface area contributed by atoms with E-state index >= 15 is 0 Å². The van der Waals surface area contributed by atoms with E-state index in [1.807, 2.05) is 24.8 Å². The smallest absolute Gasteiger partial charge is 0.243 e. The second-order valence-corrected chi connectivity index (χ2v) is 10.7. The number of hydrogen-bond donors (Lipinski definition) is 0. The molecular formula is C27H32N8O. The monoisotopic (exact) mass is 484 g/mol. The predicted octanol–water partition coefficient (Wildman–Crippen LogP) is 3.68. The van der Waals surface area contributed by atoms with Crippen molar-refractivity contribution in [2.24, 2.45) is 5.41 Å². The Morgan fingerprint density at radius 1 is 1.17 bits per heavy atom. The summed E-state index contributed by atoms with van der Waals surface area (Å²) in [7, 11) is 0. The fourth-order valence-electron chi connectivity index (χ4n) is 5.86. The van der Waals surface area contributed by atoms with Gasteiger partial charge in [-0.15, -0.1) is 0 Å². The number of anilines is 3. The van der Waals surface area contributed by atoms with Gasteiger partial charge in [0.1, 0.15) is 29.2 Å². The number of pyridine rings is 1. The molecule has 2 aromatic heterocycles. The van der Waals surface area contributed by atoms with Gasteiger partial charge in [0, 0.05) is 48.9 Å². The third-order valence-electron chi connectivity index (χ3n) is 8.46. The molecule has 9 nitrogen and oxygen atoms in total. The van der Waals surface area contributed by atoms with Crippen LogP contribution >= 0.6 is 0 Å². The van der Waals surface area contributed by atoms with E-state index in [9.17, 15) is 15.3 Å². The lowest BCUT2D eigenvalue weighted by molar-refractivity contribution is -0.141. The van der Waals surface area contributed by atoms with Gasteiger partial charge in [-0.2, -0.15) is 10.5 Å². The van der Waals surface area contributed by atoms with E-state index in [-0.39, 0.29) is 23.4 Å². The average Bonchev–Trinajstić information content (AvgIpc) is 3.25. The maximum absolute atomic E-state index is 13.3. The van der Waals surface area contributed by atoms with Crippen molar-refractivity contribution >= 4 is 23.4 Å². The van der Waals surface area contributed by atoms with Crippen LogP contribution in [0.5, 0.6) is 0 Å². The summed E-state index contributed by atoms with van der Waals surface area (Å²) < 4.78 is 0. The Morgan fingerprint density at radius 2 is 1.92 bits per heavy atom. The molecule has 9 heteroatoms. The Bertz CT molecular complexity index is 1280. The molecule has 0 bridgehead atoms. The van der Waals surface area contributed by atoms with E-state index < -0.39 is 5.41 Å². The number of carbonyl (C=O) groups is 1. The first-order valence-electron chi connectivity index (χ1n) is 12.7. The van der Waals surface area contributed by atoms with Gasteiger partial charge in [-0.1, -0.05) is 13.3 Å². The van der Waals surface area contributed by atoms with E-state index in [4.69, 9.17) is 9.97 Å². The largest absolute Gasteiger partial charge is 0.350 e. The fourth-order valence-corrected chi connectivity index (χ4v) is 5.86. The zero-order chi connectivity index (χ0) is 25.7. The molecule has 3 atom stereocenters. The normalized spacial score (nSPS) is 23.9. The fraction of sp³-hybridized carbons (Fsp3) is 0.556. The second kappa shape index (κ2) is 8.74. The van der Waals surface area contributed by atoms with Gasteiger partial charge in [0.2, 0.25) is 5.91 Å². The molecule has 0 aromatic carbocycles. The van der Waals surface area contributed by atoms with E-state index in [0.717, 1.165) is 48.8 Å². The van der Waals surface area contributed by atoms with E-state index in [2.05, 4.69) is 33.8 Å². The molecule has 5 rings (SSSR count). The van der Waals surface area contributed by atoms with Crippen molar-refractivity contribution < 1.29 is 4.79 Å². The topological polar surface area (TPSA) is 113 Å². The van der Waals surface area contributed by atoms with Gasteiger partial charge in [-0.25, -0.2) is 15.0 Å². The van der Waals surface area contributed by atoms with Crippen LogP contribution in [0.4, 0.5) is 17.5 Å². The highest BCUT2D eigenvalue weighted by Gasteiger charge is 2.52. The van der Waals surface area contributed by atoms with Crippen LogP contribution in [0.25, 0.3) is 0 Å².